The summed E-state index contributed by atoms with van der Waals surface area (Å²) in [5.74, 6) is 0. The number of urea groups is 1. The molecule has 3 heteroatoms. The molecule has 0 aromatic heterocycles. The lowest BCUT2D eigenvalue weighted by molar-refractivity contribution is 0.189. The van der Waals surface area contributed by atoms with Gasteiger partial charge in [0.1, 0.15) is 0 Å². The van der Waals surface area contributed by atoms with Crippen LogP contribution in [-0.4, -0.2) is 17.5 Å². The van der Waals surface area contributed by atoms with E-state index in [0.29, 0.717) is 0 Å². The highest BCUT2D eigenvalue weighted by molar-refractivity contribution is 5.90. The van der Waals surface area contributed by atoms with Gasteiger partial charge < -0.3 is 10.2 Å². The van der Waals surface area contributed by atoms with Gasteiger partial charge >= 0.3 is 6.03 Å². The Hall–Kier alpha value is -2.29. The summed E-state index contributed by atoms with van der Waals surface area (Å²) in [6.45, 7) is 7.06. The summed E-state index contributed by atoms with van der Waals surface area (Å²) in [6, 6.07) is 14.8. The van der Waals surface area contributed by atoms with Crippen molar-refractivity contribution in [1.82, 2.24) is 4.90 Å². The molecule has 1 heterocycles. The fourth-order valence-electron chi connectivity index (χ4n) is 3.65. The van der Waals surface area contributed by atoms with Gasteiger partial charge in [0.25, 0.3) is 0 Å². The summed E-state index contributed by atoms with van der Waals surface area (Å²) >= 11 is 0. The molecule has 3 nitrogen and oxygen atoms in total. The van der Waals surface area contributed by atoms with Crippen molar-refractivity contribution >= 4 is 11.7 Å². The van der Waals surface area contributed by atoms with Crippen molar-refractivity contribution in [3.63, 3.8) is 0 Å². The third kappa shape index (κ3) is 4.04. The Morgan fingerprint density at radius 3 is 2.64 bits per heavy atom. The molecule has 0 radical (unpaired) electrons. The van der Waals surface area contributed by atoms with Crippen molar-refractivity contribution < 1.29 is 4.79 Å². The van der Waals surface area contributed by atoms with Crippen LogP contribution in [0.15, 0.2) is 42.5 Å². The molecule has 1 atom stereocenters. The third-order valence-electron chi connectivity index (χ3n) is 5.29. The number of nitrogens with zero attached hydrogens (tertiary/aromatic N) is 1. The van der Waals surface area contributed by atoms with Crippen molar-refractivity contribution in [3.8, 4) is 0 Å². The summed E-state index contributed by atoms with van der Waals surface area (Å²) < 4.78 is 0. The first kappa shape index (κ1) is 17.5. The zero-order valence-electron chi connectivity index (χ0n) is 15.5. The quantitative estimate of drug-likeness (QED) is 0.743. The summed E-state index contributed by atoms with van der Waals surface area (Å²) in [4.78, 5) is 15.1. The van der Waals surface area contributed by atoms with E-state index in [0.717, 1.165) is 30.6 Å². The van der Waals surface area contributed by atoms with Crippen LogP contribution in [-0.2, 0) is 0 Å². The second kappa shape index (κ2) is 7.73. The smallest absolute Gasteiger partial charge is 0.317 e. The van der Waals surface area contributed by atoms with Crippen LogP contribution in [0.3, 0.4) is 0 Å². The van der Waals surface area contributed by atoms with E-state index < -0.39 is 0 Å². The molecule has 2 amide bonds. The number of amides is 2. The van der Waals surface area contributed by atoms with Crippen LogP contribution in [0.4, 0.5) is 10.5 Å². The molecule has 1 saturated heterocycles. The summed E-state index contributed by atoms with van der Waals surface area (Å²) in [6.07, 6.45) is 4.47. The SMILES string of the molecule is Cc1cccc(C2CCCCCN2C(=O)Nc2cccc(C)c2C)c1. The van der Waals surface area contributed by atoms with Gasteiger partial charge in [-0.3, -0.25) is 0 Å². The van der Waals surface area contributed by atoms with Crippen molar-refractivity contribution in [3.05, 3.63) is 64.7 Å². The molecular weight excluding hydrogens is 308 g/mol. The zero-order valence-corrected chi connectivity index (χ0v) is 15.5. The fourth-order valence-corrected chi connectivity index (χ4v) is 3.65. The Bertz CT molecular complexity index is 753. The van der Waals surface area contributed by atoms with Gasteiger partial charge in [-0.2, -0.15) is 0 Å². The molecule has 25 heavy (non-hydrogen) atoms. The molecule has 0 aliphatic carbocycles. The van der Waals surface area contributed by atoms with Crippen LogP contribution >= 0.6 is 0 Å². The number of hydrogen-bond acceptors (Lipinski definition) is 1. The molecule has 3 rings (SSSR count). The largest absolute Gasteiger partial charge is 0.322 e. The lowest BCUT2D eigenvalue weighted by atomic mass is 9.99. The first-order chi connectivity index (χ1) is 12.1. The molecule has 1 fully saturated rings. The Morgan fingerprint density at radius 1 is 1.04 bits per heavy atom. The Morgan fingerprint density at radius 2 is 1.84 bits per heavy atom. The van der Waals surface area contributed by atoms with Crippen LogP contribution in [0.5, 0.6) is 0 Å². The van der Waals surface area contributed by atoms with Gasteiger partial charge in [0.2, 0.25) is 0 Å². The summed E-state index contributed by atoms with van der Waals surface area (Å²) in [5, 5.41) is 3.15. The van der Waals surface area contributed by atoms with Gasteiger partial charge in [-0.15, -0.1) is 0 Å². The molecule has 1 N–H and O–H groups in total. The number of likely N-dealkylation sites (tertiary alicyclic amines) is 1. The molecule has 2 aromatic carbocycles. The van der Waals surface area contributed by atoms with Crippen LogP contribution in [0.2, 0.25) is 0 Å². The van der Waals surface area contributed by atoms with Crippen LogP contribution in [0.1, 0.15) is 54.0 Å². The molecule has 132 valence electrons. The lowest BCUT2D eigenvalue weighted by Crippen LogP contribution is -2.38. The monoisotopic (exact) mass is 336 g/mol. The van der Waals surface area contributed by atoms with E-state index in [4.69, 9.17) is 0 Å². The van der Waals surface area contributed by atoms with Crippen LogP contribution in [0.25, 0.3) is 0 Å². The second-order valence-electron chi connectivity index (χ2n) is 7.15. The van der Waals surface area contributed by atoms with E-state index >= 15 is 0 Å². The fraction of sp³-hybridized carbons (Fsp3) is 0.409. The third-order valence-corrected chi connectivity index (χ3v) is 5.29. The van der Waals surface area contributed by atoms with Crippen LogP contribution in [0, 0.1) is 20.8 Å². The average Bonchev–Trinajstić information content (AvgIpc) is 2.85. The first-order valence-electron chi connectivity index (χ1n) is 9.26. The van der Waals surface area contributed by atoms with E-state index in [1.807, 2.05) is 17.0 Å². The van der Waals surface area contributed by atoms with E-state index in [1.165, 1.54) is 29.5 Å². The maximum Gasteiger partial charge on any atom is 0.322 e. The summed E-state index contributed by atoms with van der Waals surface area (Å²) in [7, 11) is 0. The second-order valence-corrected chi connectivity index (χ2v) is 7.15. The maximum atomic E-state index is 13.1. The zero-order chi connectivity index (χ0) is 17.8. The van der Waals surface area contributed by atoms with Gasteiger partial charge in [0.15, 0.2) is 0 Å². The number of benzene rings is 2. The number of carbonyl (C=O) groups is 1. The minimum atomic E-state index is 0.0158. The van der Waals surface area contributed by atoms with Gasteiger partial charge in [-0.1, -0.05) is 54.8 Å². The Labute approximate surface area is 151 Å². The first-order valence-corrected chi connectivity index (χ1v) is 9.26. The van der Waals surface area contributed by atoms with Gasteiger partial charge in [-0.05, 0) is 56.4 Å². The van der Waals surface area contributed by atoms with Crippen molar-refractivity contribution in [2.75, 3.05) is 11.9 Å². The highest BCUT2D eigenvalue weighted by Crippen LogP contribution is 2.31. The van der Waals surface area contributed by atoms with Gasteiger partial charge in [0, 0.05) is 12.2 Å². The molecular formula is C22H28N2O. The van der Waals surface area contributed by atoms with Crippen molar-refractivity contribution in [2.24, 2.45) is 0 Å². The number of carbonyl (C=O) groups excluding carboxylic acids is 1. The topological polar surface area (TPSA) is 32.3 Å². The number of aryl methyl sites for hydroxylation is 2. The predicted octanol–water partition coefficient (Wildman–Crippen LogP) is 5.76. The van der Waals surface area contributed by atoms with E-state index in [-0.39, 0.29) is 12.1 Å². The molecule has 1 aliphatic rings. The average molecular weight is 336 g/mol. The molecule has 0 saturated carbocycles. The standard InChI is InChI=1S/C22H28N2O/c1-16-9-7-11-19(15-16)21-13-5-4-6-14-24(21)22(25)23-20-12-8-10-17(2)18(20)3/h7-12,15,21H,4-6,13-14H2,1-3H3,(H,23,25). The van der Waals surface area contributed by atoms with E-state index in [1.54, 1.807) is 0 Å². The highest BCUT2D eigenvalue weighted by Gasteiger charge is 2.27. The van der Waals surface area contributed by atoms with E-state index in [2.05, 4.69) is 56.4 Å². The maximum absolute atomic E-state index is 13.1. The molecule has 1 aliphatic heterocycles. The summed E-state index contributed by atoms with van der Waals surface area (Å²) in [5.41, 5.74) is 5.74. The van der Waals surface area contributed by atoms with Crippen LogP contribution < -0.4 is 5.32 Å². The molecule has 0 spiro atoms. The predicted molar refractivity (Wildman–Crippen MR) is 104 cm³/mol. The molecule has 1 unspecified atom stereocenters. The number of nitrogens with one attached hydrogen (secondary N) is 1. The van der Waals surface area contributed by atoms with Gasteiger partial charge in [-0.25, -0.2) is 4.79 Å². The molecule has 0 bridgehead atoms. The van der Waals surface area contributed by atoms with Gasteiger partial charge in [0.05, 0.1) is 6.04 Å². The number of anilines is 1. The highest BCUT2D eigenvalue weighted by atomic mass is 16.2. The minimum absolute atomic E-state index is 0.0158. The van der Waals surface area contributed by atoms with Crippen molar-refractivity contribution in [2.45, 2.75) is 52.5 Å². The number of hydrogen-bond donors (Lipinski definition) is 1. The van der Waals surface area contributed by atoms with E-state index in [9.17, 15) is 4.79 Å². The lowest BCUT2D eigenvalue weighted by Gasteiger charge is -2.31. The van der Waals surface area contributed by atoms with Crippen molar-refractivity contribution in [1.29, 1.82) is 0 Å². The Kier molecular flexibility index (Phi) is 5.42. The number of rotatable bonds is 2. The Balaban J connectivity index is 1.85. The normalized spacial score (nSPS) is 17.9. The molecule has 2 aromatic rings. The minimum Gasteiger partial charge on any atom is -0.317 e.